The average molecular weight is 423 g/mol. The minimum Gasteiger partial charge on any atom is -0.378 e. The van der Waals surface area contributed by atoms with Crippen molar-refractivity contribution in [3.05, 3.63) is 53.6 Å². The van der Waals surface area contributed by atoms with E-state index in [1.165, 1.54) is 0 Å². The van der Waals surface area contributed by atoms with Crippen LogP contribution in [0.25, 0.3) is 11.2 Å². The fourth-order valence-electron chi connectivity index (χ4n) is 3.98. The van der Waals surface area contributed by atoms with Crippen molar-refractivity contribution in [2.75, 3.05) is 6.61 Å². The summed E-state index contributed by atoms with van der Waals surface area (Å²) in [5.41, 5.74) is 4.17. The third-order valence-corrected chi connectivity index (χ3v) is 5.86. The van der Waals surface area contributed by atoms with E-state index in [9.17, 15) is 4.79 Å². The highest BCUT2D eigenvalue weighted by Gasteiger charge is 2.24. The van der Waals surface area contributed by atoms with E-state index < -0.39 is 0 Å². The first-order valence-corrected chi connectivity index (χ1v) is 11.2. The summed E-state index contributed by atoms with van der Waals surface area (Å²) in [4.78, 5) is 21.5. The van der Waals surface area contributed by atoms with Gasteiger partial charge in [0, 0.05) is 30.7 Å². The van der Waals surface area contributed by atoms with Crippen LogP contribution >= 0.6 is 0 Å². The predicted octanol–water partition coefficient (Wildman–Crippen LogP) is 5.12. The largest absolute Gasteiger partial charge is 0.378 e. The van der Waals surface area contributed by atoms with Gasteiger partial charge >= 0.3 is 0 Å². The van der Waals surface area contributed by atoms with Crippen LogP contribution in [0.15, 0.2) is 41.7 Å². The summed E-state index contributed by atoms with van der Waals surface area (Å²) in [6.45, 7) is 10.5. The quantitative estimate of drug-likeness (QED) is 0.346. The number of carbonyl (C=O) groups excluding carboxylic acids is 1. The van der Waals surface area contributed by atoms with Crippen molar-refractivity contribution in [2.45, 2.75) is 71.4 Å². The lowest BCUT2D eigenvalue weighted by atomic mass is 9.92. The number of rotatable bonds is 9. The summed E-state index contributed by atoms with van der Waals surface area (Å²) < 4.78 is 7.91. The molecule has 6 heteroatoms. The summed E-state index contributed by atoms with van der Waals surface area (Å²) in [5, 5.41) is 3.22. The van der Waals surface area contributed by atoms with Crippen molar-refractivity contribution in [1.29, 1.82) is 0 Å². The van der Waals surface area contributed by atoms with Crippen LogP contribution in [0.5, 0.6) is 0 Å². The number of carbonyl (C=O) groups is 1. The Bertz CT molecular complexity index is 965. The van der Waals surface area contributed by atoms with E-state index in [0.29, 0.717) is 17.3 Å². The zero-order valence-electron chi connectivity index (χ0n) is 18.9. The number of aromatic nitrogens is 2. The molecule has 6 nitrogen and oxygen atoms in total. The van der Waals surface area contributed by atoms with Gasteiger partial charge < -0.3 is 14.5 Å². The number of allylic oxidation sites excluding steroid dienone is 3. The summed E-state index contributed by atoms with van der Waals surface area (Å²) >= 11 is 0. The van der Waals surface area contributed by atoms with Gasteiger partial charge in [0.05, 0.1) is 17.4 Å². The monoisotopic (exact) mass is 422 g/mol. The minimum atomic E-state index is -0.0562. The Morgan fingerprint density at radius 3 is 2.87 bits per heavy atom. The van der Waals surface area contributed by atoms with Crippen molar-refractivity contribution >= 4 is 23.8 Å². The van der Waals surface area contributed by atoms with Gasteiger partial charge in [-0.1, -0.05) is 19.4 Å². The van der Waals surface area contributed by atoms with E-state index in [0.717, 1.165) is 62.1 Å². The molecule has 31 heavy (non-hydrogen) atoms. The maximum absolute atomic E-state index is 13.0. The molecule has 0 atom stereocenters. The third kappa shape index (κ3) is 5.91. The molecule has 2 aromatic heterocycles. The molecule has 0 spiro atoms. The lowest BCUT2D eigenvalue weighted by molar-refractivity contribution is 0.0209. The van der Waals surface area contributed by atoms with Crippen molar-refractivity contribution in [2.24, 2.45) is 4.99 Å². The van der Waals surface area contributed by atoms with Crippen LogP contribution in [0.2, 0.25) is 0 Å². The van der Waals surface area contributed by atoms with E-state index in [4.69, 9.17) is 9.72 Å². The number of nitrogens with zero attached hydrogens (tertiary/aromatic N) is 3. The highest BCUT2D eigenvalue weighted by Crippen LogP contribution is 2.23. The second kappa shape index (κ2) is 11.0. The zero-order chi connectivity index (χ0) is 22.2. The van der Waals surface area contributed by atoms with Gasteiger partial charge in [-0.05, 0) is 76.5 Å². The van der Waals surface area contributed by atoms with E-state index in [1.54, 1.807) is 6.20 Å². The molecule has 0 aliphatic heterocycles. The number of aliphatic imine (C=N–C) groups is 1. The normalized spacial score (nSPS) is 19.8. The summed E-state index contributed by atoms with van der Waals surface area (Å²) in [7, 11) is 0. The molecule has 0 aromatic carbocycles. The van der Waals surface area contributed by atoms with Gasteiger partial charge in [-0.2, -0.15) is 0 Å². The van der Waals surface area contributed by atoms with Crippen LogP contribution < -0.4 is 5.32 Å². The van der Waals surface area contributed by atoms with E-state index in [2.05, 4.69) is 24.0 Å². The number of hydrogen-bond acceptors (Lipinski definition) is 4. The topological polar surface area (TPSA) is 68.0 Å². The number of fused-ring (bicyclic) bond motifs is 1. The molecule has 1 aliphatic rings. The molecule has 0 saturated heterocycles. The molecule has 166 valence electrons. The van der Waals surface area contributed by atoms with Gasteiger partial charge in [0.2, 0.25) is 0 Å². The van der Waals surface area contributed by atoms with Crippen molar-refractivity contribution < 1.29 is 9.53 Å². The first-order valence-electron chi connectivity index (χ1n) is 11.2. The number of nitrogens with one attached hydrogen (secondary N) is 1. The molecule has 2 heterocycles. The SMILES string of the molecule is C=N/C=C\C=C(/C)c1cc(C)n2ccc(C(=O)NC3CCC(OCCCC)CC3)c2n1. The summed E-state index contributed by atoms with van der Waals surface area (Å²) in [5.74, 6) is -0.0562. The maximum Gasteiger partial charge on any atom is 0.255 e. The molecule has 0 unspecified atom stereocenters. The van der Waals surface area contributed by atoms with Crippen LogP contribution in [-0.4, -0.2) is 40.8 Å². The standard InChI is InChI=1S/C25H34N4O2/c1-5-6-16-31-21-11-9-20(10-12-21)27-25(30)22-13-15-29-19(3)17-23(28-24(22)29)18(2)8-7-14-26-4/h7-8,13-15,17,20-21H,4-6,9-12,16H2,1-3H3,(H,27,30)/b14-7-,18-8+. The maximum atomic E-state index is 13.0. The Hall–Kier alpha value is -2.73. The Morgan fingerprint density at radius 1 is 1.39 bits per heavy atom. The molecule has 0 bridgehead atoms. The van der Waals surface area contributed by atoms with E-state index in [1.807, 2.05) is 48.7 Å². The van der Waals surface area contributed by atoms with Crippen LogP contribution in [-0.2, 0) is 4.74 Å². The lowest BCUT2D eigenvalue weighted by Gasteiger charge is -2.29. The number of ether oxygens (including phenoxy) is 1. The second-order valence-electron chi connectivity index (χ2n) is 8.25. The van der Waals surface area contributed by atoms with Crippen molar-refractivity contribution in [1.82, 2.24) is 14.7 Å². The highest BCUT2D eigenvalue weighted by molar-refractivity contribution is 6.00. The third-order valence-electron chi connectivity index (χ3n) is 5.86. The molecule has 0 radical (unpaired) electrons. The smallest absolute Gasteiger partial charge is 0.255 e. The Kier molecular flexibility index (Phi) is 8.18. The molecule has 1 N–H and O–H groups in total. The molecule has 1 fully saturated rings. The molecule has 3 rings (SSSR count). The highest BCUT2D eigenvalue weighted by atomic mass is 16.5. The summed E-state index contributed by atoms with van der Waals surface area (Å²) in [6.07, 6.45) is 13.8. The summed E-state index contributed by atoms with van der Waals surface area (Å²) in [6, 6.07) is 4.07. The van der Waals surface area contributed by atoms with Crippen LogP contribution in [0.1, 0.15) is 74.1 Å². The fraction of sp³-hybridized carbons (Fsp3) is 0.480. The lowest BCUT2D eigenvalue weighted by Crippen LogP contribution is -2.39. The predicted molar refractivity (Wildman–Crippen MR) is 127 cm³/mol. The molecular weight excluding hydrogens is 388 g/mol. The van der Waals surface area contributed by atoms with Crippen LogP contribution in [0.4, 0.5) is 0 Å². The first kappa shape index (κ1) is 22.9. The Labute approximate surface area is 185 Å². The minimum absolute atomic E-state index is 0.0562. The number of hydrogen-bond donors (Lipinski definition) is 1. The number of amides is 1. The Morgan fingerprint density at radius 2 is 2.16 bits per heavy atom. The molecule has 1 aliphatic carbocycles. The molecule has 1 saturated carbocycles. The van der Waals surface area contributed by atoms with Gasteiger partial charge in [-0.25, -0.2) is 4.98 Å². The number of aryl methyl sites for hydroxylation is 1. The van der Waals surface area contributed by atoms with Crippen LogP contribution in [0.3, 0.4) is 0 Å². The molecular formula is C25H34N4O2. The molecule has 2 aromatic rings. The van der Waals surface area contributed by atoms with Gasteiger partial charge in [0.25, 0.3) is 5.91 Å². The van der Waals surface area contributed by atoms with Crippen molar-refractivity contribution in [3.8, 4) is 0 Å². The average Bonchev–Trinajstić information content (AvgIpc) is 3.20. The molecule has 1 amide bonds. The van der Waals surface area contributed by atoms with E-state index >= 15 is 0 Å². The first-order chi connectivity index (χ1) is 15.0. The van der Waals surface area contributed by atoms with E-state index in [-0.39, 0.29) is 11.9 Å². The fourth-order valence-corrected chi connectivity index (χ4v) is 3.98. The van der Waals surface area contributed by atoms with Crippen LogP contribution in [0, 0.1) is 6.92 Å². The van der Waals surface area contributed by atoms with Crippen molar-refractivity contribution in [3.63, 3.8) is 0 Å². The van der Waals surface area contributed by atoms with Gasteiger partial charge in [-0.3, -0.25) is 9.79 Å². The number of unbranched alkanes of at least 4 members (excludes halogenated alkanes) is 1. The van der Waals surface area contributed by atoms with Gasteiger partial charge in [-0.15, -0.1) is 0 Å². The van der Waals surface area contributed by atoms with Gasteiger partial charge in [0.1, 0.15) is 5.65 Å². The van der Waals surface area contributed by atoms with Gasteiger partial charge in [0.15, 0.2) is 0 Å². The zero-order valence-corrected chi connectivity index (χ0v) is 18.9. The second-order valence-corrected chi connectivity index (χ2v) is 8.25. The Balaban J connectivity index is 1.70.